The lowest BCUT2D eigenvalue weighted by Crippen LogP contribution is -2.18. The van der Waals surface area contributed by atoms with E-state index in [2.05, 4.69) is 0 Å². The van der Waals surface area contributed by atoms with Crippen molar-refractivity contribution in [3.8, 4) is 0 Å². The maximum atomic E-state index is 12.5. The predicted molar refractivity (Wildman–Crippen MR) is 85.7 cm³/mol. The number of ketones is 2. The molecule has 0 N–H and O–H groups in total. The number of carbonyl (C=O) groups is 2. The van der Waals surface area contributed by atoms with Crippen molar-refractivity contribution >= 4 is 34.9 Å². The van der Waals surface area contributed by atoms with Crippen LogP contribution in [0.3, 0.4) is 0 Å². The average Bonchev–Trinajstić information content (AvgIpc) is 2.54. The molecule has 1 aliphatic carbocycles. The van der Waals surface area contributed by atoms with Crippen LogP contribution in [0.5, 0.6) is 0 Å². The summed E-state index contributed by atoms with van der Waals surface area (Å²) in [5.74, 6) is 0.159. The monoisotopic (exact) mass is 314 g/mol. The molecule has 2 nitrogen and oxygen atoms in total. The third kappa shape index (κ3) is 2.67. The zero-order valence-electron chi connectivity index (χ0n) is 11.0. The van der Waals surface area contributed by atoms with Crippen molar-refractivity contribution in [3.05, 3.63) is 81.2 Å². The molecular weight excluding hydrogens is 304 g/mol. The summed E-state index contributed by atoms with van der Waals surface area (Å²) in [6, 6.07) is 16.6. The third-order valence-electron chi connectivity index (χ3n) is 3.25. The second-order valence-corrected chi connectivity index (χ2v) is 5.98. The van der Waals surface area contributed by atoms with Crippen LogP contribution >= 0.6 is 23.4 Å². The van der Waals surface area contributed by atoms with Crippen LogP contribution in [-0.4, -0.2) is 11.6 Å². The highest BCUT2D eigenvalue weighted by atomic mass is 35.5. The number of carbonyl (C=O) groups excluding carboxylic acids is 2. The Bertz CT molecular complexity index is 750. The summed E-state index contributed by atoms with van der Waals surface area (Å²) in [6.07, 6.45) is 0. The molecule has 0 saturated carbocycles. The first-order valence-electron chi connectivity index (χ1n) is 6.43. The van der Waals surface area contributed by atoms with Gasteiger partial charge in [-0.25, -0.2) is 0 Å². The highest BCUT2D eigenvalue weighted by Crippen LogP contribution is 2.36. The smallest absolute Gasteiger partial charge is 0.206 e. The molecule has 0 atom stereocenters. The van der Waals surface area contributed by atoms with E-state index in [0.717, 1.165) is 5.56 Å². The lowest BCUT2D eigenvalue weighted by molar-refractivity contribution is 0.0987. The van der Waals surface area contributed by atoms with Gasteiger partial charge in [0.25, 0.3) is 0 Å². The molecule has 0 saturated heterocycles. The summed E-state index contributed by atoms with van der Waals surface area (Å²) in [5.41, 5.74) is 1.90. The molecule has 21 heavy (non-hydrogen) atoms. The van der Waals surface area contributed by atoms with Crippen molar-refractivity contribution in [1.82, 2.24) is 0 Å². The van der Waals surface area contributed by atoms with Gasteiger partial charge in [-0.2, -0.15) is 0 Å². The Hall–Kier alpha value is -1.84. The molecule has 4 heteroatoms. The Morgan fingerprint density at radius 3 is 2.05 bits per heavy atom. The molecule has 0 bridgehead atoms. The Morgan fingerprint density at radius 1 is 0.810 bits per heavy atom. The van der Waals surface area contributed by atoms with Gasteiger partial charge in [0, 0.05) is 16.9 Å². The van der Waals surface area contributed by atoms with Crippen LogP contribution in [0.15, 0.2) is 64.5 Å². The molecule has 3 rings (SSSR count). The fourth-order valence-corrected chi connectivity index (χ4v) is 3.50. The van der Waals surface area contributed by atoms with E-state index >= 15 is 0 Å². The molecule has 0 unspecified atom stereocenters. The molecule has 0 radical (unpaired) electrons. The Morgan fingerprint density at radius 2 is 1.38 bits per heavy atom. The van der Waals surface area contributed by atoms with Gasteiger partial charge in [-0.1, -0.05) is 66.2 Å². The van der Waals surface area contributed by atoms with Crippen molar-refractivity contribution in [2.24, 2.45) is 0 Å². The van der Waals surface area contributed by atoms with Crippen LogP contribution in [0, 0.1) is 0 Å². The minimum absolute atomic E-state index is 0.0274. The summed E-state index contributed by atoms with van der Waals surface area (Å²) in [4.78, 5) is 25.0. The number of thioether (sulfide) groups is 1. The largest absolute Gasteiger partial charge is 0.288 e. The predicted octanol–water partition coefficient (Wildman–Crippen LogP) is 4.45. The third-order valence-corrected chi connectivity index (χ3v) is 4.88. The van der Waals surface area contributed by atoms with E-state index in [1.165, 1.54) is 11.8 Å². The highest BCUT2D eigenvalue weighted by Gasteiger charge is 2.31. The second kappa shape index (κ2) is 5.88. The van der Waals surface area contributed by atoms with E-state index in [4.69, 9.17) is 11.6 Å². The minimum Gasteiger partial charge on any atom is -0.288 e. The molecular formula is C17H11ClO2S. The maximum absolute atomic E-state index is 12.5. The van der Waals surface area contributed by atoms with E-state index in [1.807, 2.05) is 30.3 Å². The Balaban J connectivity index is 1.90. The first-order valence-corrected chi connectivity index (χ1v) is 7.80. The van der Waals surface area contributed by atoms with Gasteiger partial charge in [0.1, 0.15) is 5.03 Å². The standard InChI is InChI=1S/C17H11ClO2S/c18-14-15(19)12-8-4-5-9-13(12)16(20)17(14)21-10-11-6-2-1-3-7-11/h1-9H,10H2. The van der Waals surface area contributed by atoms with Crippen LogP contribution < -0.4 is 0 Å². The molecule has 0 aliphatic heterocycles. The molecule has 0 aromatic heterocycles. The normalized spacial score (nSPS) is 14.3. The zero-order chi connectivity index (χ0) is 14.8. The topological polar surface area (TPSA) is 34.1 Å². The number of benzene rings is 2. The van der Waals surface area contributed by atoms with Gasteiger partial charge < -0.3 is 0 Å². The number of allylic oxidation sites excluding steroid dienone is 2. The molecule has 0 amide bonds. The van der Waals surface area contributed by atoms with E-state index in [9.17, 15) is 9.59 Å². The van der Waals surface area contributed by atoms with Crippen LogP contribution in [0.2, 0.25) is 0 Å². The minimum atomic E-state index is -0.276. The van der Waals surface area contributed by atoms with Crippen LogP contribution in [0.25, 0.3) is 0 Å². The van der Waals surface area contributed by atoms with Gasteiger partial charge in [0.15, 0.2) is 0 Å². The summed E-state index contributed by atoms with van der Waals surface area (Å²) >= 11 is 7.42. The SMILES string of the molecule is O=C1C(Cl)=C(SCc2ccccc2)C(=O)c2ccccc21. The first-order chi connectivity index (χ1) is 10.2. The lowest BCUT2D eigenvalue weighted by atomic mass is 9.95. The number of halogens is 1. The van der Waals surface area contributed by atoms with Crippen molar-refractivity contribution in [2.45, 2.75) is 5.75 Å². The van der Waals surface area contributed by atoms with E-state index in [0.29, 0.717) is 21.8 Å². The fraction of sp³-hybridized carbons (Fsp3) is 0.0588. The number of fused-ring (bicyclic) bond motifs is 1. The van der Waals surface area contributed by atoms with Crippen molar-refractivity contribution in [3.63, 3.8) is 0 Å². The summed E-state index contributed by atoms with van der Waals surface area (Å²) in [6.45, 7) is 0. The van der Waals surface area contributed by atoms with Crippen molar-refractivity contribution in [1.29, 1.82) is 0 Å². The second-order valence-electron chi connectivity index (χ2n) is 4.62. The quantitative estimate of drug-likeness (QED) is 0.839. The number of hydrogen-bond donors (Lipinski definition) is 0. The Labute approximate surface area is 131 Å². The van der Waals surface area contributed by atoms with Crippen LogP contribution in [0.4, 0.5) is 0 Å². The van der Waals surface area contributed by atoms with Gasteiger partial charge in [0.2, 0.25) is 11.6 Å². The number of rotatable bonds is 3. The molecule has 1 aliphatic rings. The Kier molecular flexibility index (Phi) is 3.95. The van der Waals surface area contributed by atoms with Gasteiger partial charge in [-0.15, -0.1) is 11.8 Å². The van der Waals surface area contributed by atoms with Gasteiger partial charge >= 0.3 is 0 Å². The zero-order valence-corrected chi connectivity index (χ0v) is 12.6. The van der Waals surface area contributed by atoms with Crippen LogP contribution in [0.1, 0.15) is 26.3 Å². The van der Waals surface area contributed by atoms with Gasteiger partial charge in [0.05, 0.1) is 4.91 Å². The van der Waals surface area contributed by atoms with Crippen LogP contribution in [-0.2, 0) is 5.75 Å². The molecule has 0 fully saturated rings. The molecule has 0 heterocycles. The summed E-state index contributed by atoms with van der Waals surface area (Å²) < 4.78 is 0. The number of Topliss-reactive ketones (excluding diaryl/α,β-unsaturated/α-hetero) is 2. The van der Waals surface area contributed by atoms with Crippen molar-refractivity contribution in [2.75, 3.05) is 0 Å². The van der Waals surface area contributed by atoms with E-state index in [1.54, 1.807) is 24.3 Å². The fourth-order valence-electron chi connectivity index (χ4n) is 2.18. The summed E-state index contributed by atoms with van der Waals surface area (Å²) in [7, 11) is 0. The molecule has 2 aromatic carbocycles. The summed E-state index contributed by atoms with van der Waals surface area (Å²) in [5, 5.41) is 0.0274. The van der Waals surface area contributed by atoms with Crippen molar-refractivity contribution < 1.29 is 9.59 Å². The number of hydrogen-bond acceptors (Lipinski definition) is 3. The molecule has 0 spiro atoms. The van der Waals surface area contributed by atoms with E-state index in [-0.39, 0.29) is 16.6 Å². The maximum Gasteiger partial charge on any atom is 0.206 e. The molecule has 2 aromatic rings. The van der Waals surface area contributed by atoms with Gasteiger partial charge in [-0.05, 0) is 5.56 Å². The van der Waals surface area contributed by atoms with Gasteiger partial charge in [-0.3, -0.25) is 9.59 Å². The lowest BCUT2D eigenvalue weighted by Gasteiger charge is -2.17. The first kappa shape index (κ1) is 14.1. The highest BCUT2D eigenvalue weighted by molar-refractivity contribution is 8.03. The molecule has 104 valence electrons. The average molecular weight is 315 g/mol. The van der Waals surface area contributed by atoms with E-state index < -0.39 is 0 Å².